The Balaban J connectivity index is 1.96. The largest absolute Gasteiger partial charge is 0.497 e. The van der Waals surface area contributed by atoms with E-state index in [1.54, 1.807) is 25.3 Å². The van der Waals surface area contributed by atoms with Crippen LogP contribution in [0.2, 0.25) is 5.02 Å². The minimum atomic E-state index is -4.07. The third-order valence-electron chi connectivity index (χ3n) is 3.72. The highest BCUT2D eigenvalue weighted by molar-refractivity contribution is 6.33. The SMILES string of the molecule is COc1ccc(Cl)c(NC2CCC(C(F)(F)F)CC2)c1. The maximum absolute atomic E-state index is 12.6. The first-order valence-corrected chi connectivity index (χ1v) is 6.94. The lowest BCUT2D eigenvalue weighted by molar-refractivity contribution is -0.182. The van der Waals surface area contributed by atoms with Crippen molar-refractivity contribution in [3.63, 3.8) is 0 Å². The molecule has 2 rings (SSSR count). The number of rotatable bonds is 3. The number of anilines is 1. The van der Waals surface area contributed by atoms with Gasteiger partial charge in [-0.05, 0) is 37.8 Å². The Morgan fingerprint density at radius 1 is 1.20 bits per heavy atom. The summed E-state index contributed by atoms with van der Waals surface area (Å²) in [5, 5.41) is 3.76. The molecule has 1 N–H and O–H groups in total. The topological polar surface area (TPSA) is 21.3 Å². The molecule has 0 heterocycles. The third-order valence-corrected chi connectivity index (χ3v) is 4.05. The van der Waals surface area contributed by atoms with Gasteiger partial charge in [-0.25, -0.2) is 0 Å². The van der Waals surface area contributed by atoms with Crippen molar-refractivity contribution in [2.45, 2.75) is 37.9 Å². The second-order valence-electron chi connectivity index (χ2n) is 5.08. The van der Waals surface area contributed by atoms with Crippen molar-refractivity contribution in [3.8, 4) is 5.75 Å². The van der Waals surface area contributed by atoms with Crippen molar-refractivity contribution in [1.82, 2.24) is 0 Å². The highest BCUT2D eigenvalue weighted by Gasteiger charge is 2.41. The number of hydrogen-bond acceptors (Lipinski definition) is 2. The van der Waals surface area contributed by atoms with Crippen molar-refractivity contribution in [1.29, 1.82) is 0 Å². The summed E-state index contributed by atoms with van der Waals surface area (Å²) in [4.78, 5) is 0. The van der Waals surface area contributed by atoms with E-state index in [2.05, 4.69) is 5.32 Å². The fourth-order valence-electron chi connectivity index (χ4n) is 2.53. The number of hydrogen-bond donors (Lipinski definition) is 1. The number of ether oxygens (including phenoxy) is 1. The molecule has 0 aliphatic heterocycles. The van der Waals surface area contributed by atoms with E-state index in [9.17, 15) is 13.2 Å². The molecule has 1 aromatic carbocycles. The first kappa shape index (κ1) is 15.3. The molecule has 6 heteroatoms. The van der Waals surface area contributed by atoms with Gasteiger partial charge in [0.15, 0.2) is 0 Å². The summed E-state index contributed by atoms with van der Waals surface area (Å²) >= 11 is 6.08. The van der Waals surface area contributed by atoms with Gasteiger partial charge in [0, 0.05) is 12.1 Å². The van der Waals surface area contributed by atoms with Crippen molar-refractivity contribution in [2.75, 3.05) is 12.4 Å². The van der Waals surface area contributed by atoms with E-state index in [1.807, 2.05) is 0 Å². The number of nitrogens with one attached hydrogen (secondary N) is 1. The highest BCUT2D eigenvalue weighted by atomic mass is 35.5. The van der Waals surface area contributed by atoms with Gasteiger partial charge in [0.25, 0.3) is 0 Å². The quantitative estimate of drug-likeness (QED) is 0.859. The predicted octanol–water partition coefficient (Wildman–Crippen LogP) is 4.88. The van der Waals surface area contributed by atoms with E-state index < -0.39 is 12.1 Å². The summed E-state index contributed by atoms with van der Waals surface area (Å²) in [7, 11) is 1.56. The van der Waals surface area contributed by atoms with Crippen LogP contribution in [0.1, 0.15) is 25.7 Å². The Morgan fingerprint density at radius 3 is 2.40 bits per heavy atom. The molecule has 0 saturated heterocycles. The van der Waals surface area contributed by atoms with Crippen LogP contribution >= 0.6 is 11.6 Å². The molecule has 0 amide bonds. The average Bonchev–Trinajstić information content (AvgIpc) is 2.41. The van der Waals surface area contributed by atoms with Crippen LogP contribution in [-0.2, 0) is 0 Å². The summed E-state index contributed by atoms with van der Waals surface area (Å²) in [6.45, 7) is 0. The summed E-state index contributed by atoms with van der Waals surface area (Å²) in [6.07, 6.45) is -2.74. The molecule has 0 spiro atoms. The molecule has 112 valence electrons. The van der Waals surface area contributed by atoms with E-state index in [0.717, 1.165) is 0 Å². The van der Waals surface area contributed by atoms with Crippen LogP contribution in [-0.4, -0.2) is 19.3 Å². The molecular weight excluding hydrogens is 291 g/mol. The first-order chi connectivity index (χ1) is 9.40. The second-order valence-corrected chi connectivity index (χ2v) is 5.49. The normalized spacial score (nSPS) is 23.4. The van der Waals surface area contributed by atoms with Gasteiger partial charge >= 0.3 is 6.18 Å². The molecule has 0 aromatic heterocycles. The van der Waals surface area contributed by atoms with Gasteiger partial charge in [-0.2, -0.15) is 13.2 Å². The van der Waals surface area contributed by atoms with E-state index in [0.29, 0.717) is 29.3 Å². The molecule has 2 nitrogen and oxygen atoms in total. The summed E-state index contributed by atoms with van der Waals surface area (Å²) < 4.78 is 42.9. The smallest absolute Gasteiger partial charge is 0.391 e. The standard InChI is InChI=1S/C14H17ClF3NO/c1-20-11-6-7-12(15)13(8-11)19-10-4-2-9(3-5-10)14(16,17)18/h6-10,19H,2-5H2,1H3. The van der Waals surface area contributed by atoms with Crippen LogP contribution < -0.4 is 10.1 Å². The van der Waals surface area contributed by atoms with Crippen LogP contribution in [0.3, 0.4) is 0 Å². The predicted molar refractivity (Wildman–Crippen MR) is 73.4 cm³/mol. The molecule has 1 aliphatic rings. The lowest BCUT2D eigenvalue weighted by Crippen LogP contribution is -2.32. The summed E-state index contributed by atoms with van der Waals surface area (Å²) in [6, 6.07) is 5.24. The molecule has 0 bridgehead atoms. The zero-order valence-electron chi connectivity index (χ0n) is 11.1. The third kappa shape index (κ3) is 3.72. The van der Waals surface area contributed by atoms with Crippen molar-refractivity contribution in [2.24, 2.45) is 5.92 Å². The maximum atomic E-state index is 12.6. The summed E-state index contributed by atoms with van der Waals surface area (Å²) in [5.74, 6) is -0.498. The fraction of sp³-hybridized carbons (Fsp3) is 0.571. The molecule has 1 fully saturated rings. The van der Waals surface area contributed by atoms with Gasteiger partial charge in [0.2, 0.25) is 0 Å². The fourth-order valence-corrected chi connectivity index (χ4v) is 2.70. The first-order valence-electron chi connectivity index (χ1n) is 6.57. The van der Waals surface area contributed by atoms with Gasteiger partial charge in [0.1, 0.15) is 5.75 Å². The Bertz CT molecular complexity index is 456. The molecule has 0 radical (unpaired) electrons. The van der Waals surface area contributed by atoms with Gasteiger partial charge in [-0.15, -0.1) is 0 Å². The zero-order valence-corrected chi connectivity index (χ0v) is 11.9. The Kier molecular flexibility index (Phi) is 4.68. The van der Waals surface area contributed by atoms with Crippen molar-refractivity contribution >= 4 is 17.3 Å². The van der Waals surface area contributed by atoms with Gasteiger partial charge in [0.05, 0.1) is 23.7 Å². The number of halogens is 4. The molecule has 20 heavy (non-hydrogen) atoms. The lowest BCUT2D eigenvalue weighted by Gasteiger charge is -2.31. The molecule has 1 saturated carbocycles. The zero-order chi connectivity index (χ0) is 14.8. The van der Waals surface area contributed by atoms with Crippen LogP contribution in [0.5, 0.6) is 5.75 Å². The Hall–Kier alpha value is -1.10. The molecule has 0 atom stereocenters. The van der Waals surface area contributed by atoms with Crippen LogP contribution in [0.4, 0.5) is 18.9 Å². The minimum absolute atomic E-state index is 0.0261. The van der Waals surface area contributed by atoms with Gasteiger partial charge < -0.3 is 10.1 Å². The second kappa shape index (κ2) is 6.12. The Labute approximate surface area is 121 Å². The average molecular weight is 308 g/mol. The van der Waals surface area contributed by atoms with Crippen molar-refractivity contribution < 1.29 is 17.9 Å². The minimum Gasteiger partial charge on any atom is -0.497 e. The number of methoxy groups -OCH3 is 1. The van der Waals surface area contributed by atoms with E-state index in [1.165, 1.54) is 0 Å². The summed E-state index contributed by atoms with van der Waals surface area (Å²) in [5.41, 5.74) is 0.710. The highest BCUT2D eigenvalue weighted by Crippen LogP contribution is 2.38. The Morgan fingerprint density at radius 2 is 1.85 bits per heavy atom. The van der Waals surface area contributed by atoms with E-state index in [-0.39, 0.29) is 18.9 Å². The van der Waals surface area contributed by atoms with Crippen molar-refractivity contribution in [3.05, 3.63) is 23.2 Å². The van der Waals surface area contributed by atoms with Crippen LogP contribution in [0.15, 0.2) is 18.2 Å². The number of alkyl halides is 3. The van der Waals surface area contributed by atoms with Gasteiger partial charge in [-0.3, -0.25) is 0 Å². The van der Waals surface area contributed by atoms with Crippen LogP contribution in [0.25, 0.3) is 0 Å². The lowest BCUT2D eigenvalue weighted by atomic mass is 9.85. The molecule has 1 aliphatic carbocycles. The monoisotopic (exact) mass is 307 g/mol. The number of benzene rings is 1. The van der Waals surface area contributed by atoms with E-state index >= 15 is 0 Å². The molecule has 0 unspecified atom stereocenters. The molecular formula is C14H17ClF3NO. The van der Waals surface area contributed by atoms with E-state index in [4.69, 9.17) is 16.3 Å². The molecule has 1 aromatic rings. The maximum Gasteiger partial charge on any atom is 0.391 e. The van der Waals surface area contributed by atoms with Gasteiger partial charge in [-0.1, -0.05) is 11.6 Å². The van der Waals surface area contributed by atoms with Crippen LogP contribution in [0, 0.1) is 5.92 Å².